The molecule has 4 N–H and O–H groups in total. The first-order valence-corrected chi connectivity index (χ1v) is 6.87. The molecule has 102 valence electrons. The Balaban J connectivity index is 2.73. The molecule has 0 radical (unpaired) electrons. The minimum absolute atomic E-state index is 0.153. The van der Waals surface area contributed by atoms with Crippen molar-refractivity contribution in [1.82, 2.24) is 15.0 Å². The van der Waals surface area contributed by atoms with E-state index in [9.17, 15) is 5.11 Å². The summed E-state index contributed by atoms with van der Waals surface area (Å²) in [5, 5.41) is 13.0. The van der Waals surface area contributed by atoms with Gasteiger partial charge in [0.2, 0.25) is 17.8 Å². The standard InChI is InChI=1S/C10H20N6OS/c1-10(17,6-18-4)5-12-8-13-7(11)14-9(15-8)16(2)3/h17H,5-6H2,1-4H3,(H3,11,12,13,14,15). The van der Waals surface area contributed by atoms with Crippen LogP contribution in [0.5, 0.6) is 0 Å². The van der Waals surface area contributed by atoms with Crippen molar-refractivity contribution in [2.24, 2.45) is 0 Å². The number of aliphatic hydroxyl groups is 1. The van der Waals surface area contributed by atoms with E-state index in [1.807, 2.05) is 20.4 Å². The molecule has 18 heavy (non-hydrogen) atoms. The molecule has 1 aromatic rings. The summed E-state index contributed by atoms with van der Waals surface area (Å²) in [5.41, 5.74) is 4.78. The zero-order valence-electron chi connectivity index (χ0n) is 11.1. The first-order chi connectivity index (χ1) is 8.34. The van der Waals surface area contributed by atoms with Crippen molar-refractivity contribution in [3.63, 3.8) is 0 Å². The second kappa shape index (κ2) is 6.05. The molecule has 0 aromatic carbocycles. The van der Waals surface area contributed by atoms with Gasteiger partial charge in [-0.3, -0.25) is 0 Å². The number of anilines is 3. The maximum absolute atomic E-state index is 10.0. The minimum Gasteiger partial charge on any atom is -0.387 e. The van der Waals surface area contributed by atoms with Crippen LogP contribution in [0.3, 0.4) is 0 Å². The van der Waals surface area contributed by atoms with Gasteiger partial charge in [0.05, 0.1) is 5.60 Å². The number of hydrogen-bond acceptors (Lipinski definition) is 8. The van der Waals surface area contributed by atoms with E-state index in [-0.39, 0.29) is 5.95 Å². The van der Waals surface area contributed by atoms with Gasteiger partial charge >= 0.3 is 0 Å². The lowest BCUT2D eigenvalue weighted by Gasteiger charge is -2.22. The number of rotatable bonds is 6. The van der Waals surface area contributed by atoms with Crippen LogP contribution >= 0.6 is 11.8 Å². The number of nitrogens with two attached hydrogens (primary N) is 1. The topological polar surface area (TPSA) is 100 Å². The molecule has 0 fully saturated rings. The van der Waals surface area contributed by atoms with Gasteiger partial charge in [0, 0.05) is 26.4 Å². The Morgan fingerprint density at radius 3 is 2.61 bits per heavy atom. The average molecular weight is 272 g/mol. The van der Waals surface area contributed by atoms with Gasteiger partial charge in [-0.25, -0.2) is 0 Å². The summed E-state index contributed by atoms with van der Waals surface area (Å²) in [6.07, 6.45) is 1.94. The van der Waals surface area contributed by atoms with Crippen molar-refractivity contribution in [3.05, 3.63) is 0 Å². The highest BCUT2D eigenvalue weighted by Crippen LogP contribution is 2.13. The first kappa shape index (κ1) is 14.8. The Labute approximate surface area is 111 Å². The highest BCUT2D eigenvalue weighted by atomic mass is 32.2. The van der Waals surface area contributed by atoms with Gasteiger partial charge in [0.1, 0.15) is 0 Å². The Bertz CT molecular complexity index is 398. The lowest BCUT2D eigenvalue weighted by molar-refractivity contribution is 0.0995. The summed E-state index contributed by atoms with van der Waals surface area (Å²) in [6, 6.07) is 0. The largest absolute Gasteiger partial charge is 0.387 e. The monoisotopic (exact) mass is 272 g/mol. The molecule has 8 heteroatoms. The van der Waals surface area contributed by atoms with Crippen LogP contribution in [-0.2, 0) is 0 Å². The maximum atomic E-state index is 10.0. The molecule has 0 aliphatic heterocycles. The highest BCUT2D eigenvalue weighted by Gasteiger charge is 2.20. The molecule has 1 atom stereocenters. The van der Waals surface area contributed by atoms with Crippen LogP contribution in [0.4, 0.5) is 17.8 Å². The van der Waals surface area contributed by atoms with Crippen molar-refractivity contribution in [1.29, 1.82) is 0 Å². The molecule has 0 saturated carbocycles. The molecule has 0 aliphatic rings. The van der Waals surface area contributed by atoms with Gasteiger partial charge < -0.3 is 21.1 Å². The number of nitrogens with one attached hydrogen (secondary N) is 1. The van der Waals surface area contributed by atoms with Crippen LogP contribution in [0.25, 0.3) is 0 Å². The summed E-state index contributed by atoms with van der Waals surface area (Å²) in [6.45, 7) is 2.11. The first-order valence-electron chi connectivity index (χ1n) is 5.48. The third kappa shape index (κ3) is 4.53. The summed E-state index contributed by atoms with van der Waals surface area (Å²) in [7, 11) is 3.64. The fourth-order valence-electron chi connectivity index (χ4n) is 1.29. The summed E-state index contributed by atoms with van der Waals surface area (Å²) in [5.74, 6) is 1.63. The quantitative estimate of drug-likeness (QED) is 0.668. The predicted molar refractivity (Wildman–Crippen MR) is 76.1 cm³/mol. The zero-order chi connectivity index (χ0) is 13.8. The lowest BCUT2D eigenvalue weighted by Crippen LogP contribution is -2.36. The number of nitrogens with zero attached hydrogens (tertiary/aromatic N) is 4. The molecule has 7 nitrogen and oxygen atoms in total. The minimum atomic E-state index is -0.820. The van der Waals surface area contributed by atoms with E-state index in [0.717, 1.165) is 0 Å². The third-order valence-corrected chi connectivity index (χ3v) is 3.03. The summed E-state index contributed by atoms with van der Waals surface area (Å²) < 4.78 is 0. The van der Waals surface area contributed by atoms with E-state index in [1.54, 1.807) is 23.6 Å². The Morgan fingerprint density at radius 2 is 2.06 bits per heavy atom. The van der Waals surface area contributed by atoms with Crippen LogP contribution in [0.1, 0.15) is 6.92 Å². The molecular weight excluding hydrogens is 252 g/mol. The normalized spacial score (nSPS) is 14.1. The second-order valence-electron chi connectivity index (χ2n) is 4.50. The molecule has 1 rings (SSSR count). The molecular formula is C10H20N6OS. The fourth-order valence-corrected chi connectivity index (χ4v) is 2.02. The van der Waals surface area contributed by atoms with E-state index >= 15 is 0 Å². The lowest BCUT2D eigenvalue weighted by atomic mass is 10.1. The van der Waals surface area contributed by atoms with Gasteiger partial charge in [-0.2, -0.15) is 26.7 Å². The van der Waals surface area contributed by atoms with Crippen molar-refractivity contribution >= 4 is 29.6 Å². The fraction of sp³-hybridized carbons (Fsp3) is 0.700. The van der Waals surface area contributed by atoms with Crippen LogP contribution < -0.4 is 16.0 Å². The number of nitrogen functional groups attached to an aromatic ring is 1. The number of aromatic nitrogens is 3. The van der Waals surface area contributed by atoms with Gasteiger partial charge in [-0.05, 0) is 13.2 Å². The van der Waals surface area contributed by atoms with E-state index < -0.39 is 5.60 Å². The molecule has 1 aromatic heterocycles. The molecule has 0 bridgehead atoms. The predicted octanol–water partition coefficient (Wildman–Crippen LogP) is 0.0457. The van der Waals surface area contributed by atoms with Crippen LogP contribution in [0.15, 0.2) is 0 Å². The molecule has 0 spiro atoms. The van der Waals surface area contributed by atoms with E-state index in [4.69, 9.17) is 5.73 Å². The van der Waals surface area contributed by atoms with Crippen LogP contribution in [0, 0.1) is 0 Å². The Hall–Kier alpha value is -1.28. The molecule has 1 unspecified atom stereocenters. The summed E-state index contributed by atoms with van der Waals surface area (Å²) >= 11 is 1.58. The number of hydrogen-bond donors (Lipinski definition) is 3. The Morgan fingerprint density at radius 1 is 1.39 bits per heavy atom. The van der Waals surface area contributed by atoms with Gasteiger partial charge in [-0.15, -0.1) is 0 Å². The molecule has 0 saturated heterocycles. The Kier molecular flexibility index (Phi) is 4.97. The maximum Gasteiger partial charge on any atom is 0.231 e. The van der Waals surface area contributed by atoms with Crippen molar-refractivity contribution in [2.75, 3.05) is 48.6 Å². The smallest absolute Gasteiger partial charge is 0.231 e. The van der Waals surface area contributed by atoms with Crippen LogP contribution in [-0.4, -0.2) is 58.3 Å². The van der Waals surface area contributed by atoms with Crippen molar-refractivity contribution in [2.45, 2.75) is 12.5 Å². The highest BCUT2D eigenvalue weighted by molar-refractivity contribution is 7.98. The SMILES string of the molecule is CSCC(C)(O)CNc1nc(N)nc(N(C)C)n1. The molecule has 1 heterocycles. The second-order valence-corrected chi connectivity index (χ2v) is 5.36. The zero-order valence-corrected chi connectivity index (χ0v) is 12.0. The van der Waals surface area contributed by atoms with E-state index in [2.05, 4.69) is 20.3 Å². The van der Waals surface area contributed by atoms with Gasteiger partial charge in [0.25, 0.3) is 0 Å². The summed E-state index contributed by atoms with van der Waals surface area (Å²) in [4.78, 5) is 13.9. The number of thioether (sulfide) groups is 1. The van der Waals surface area contributed by atoms with E-state index in [0.29, 0.717) is 24.2 Å². The average Bonchev–Trinajstić information content (AvgIpc) is 2.26. The van der Waals surface area contributed by atoms with Crippen molar-refractivity contribution in [3.8, 4) is 0 Å². The van der Waals surface area contributed by atoms with Gasteiger partial charge in [-0.1, -0.05) is 0 Å². The van der Waals surface area contributed by atoms with Crippen LogP contribution in [0.2, 0.25) is 0 Å². The van der Waals surface area contributed by atoms with E-state index in [1.165, 1.54) is 0 Å². The third-order valence-electron chi connectivity index (χ3n) is 2.12. The molecule has 0 aliphatic carbocycles. The van der Waals surface area contributed by atoms with Crippen molar-refractivity contribution < 1.29 is 5.11 Å². The van der Waals surface area contributed by atoms with Gasteiger partial charge in [0.15, 0.2) is 0 Å². The molecule has 0 amide bonds.